The van der Waals surface area contributed by atoms with Crippen LogP contribution in [-0.2, 0) is 9.59 Å². The molecule has 0 fully saturated rings. The minimum absolute atomic E-state index is 0.0598. The molecular formula is C13H25N3O4. The number of aliphatic carboxylic acids is 1. The van der Waals surface area contributed by atoms with E-state index in [1.165, 1.54) is 16.8 Å². The minimum Gasteiger partial charge on any atom is -0.480 e. The third kappa shape index (κ3) is 5.90. The Morgan fingerprint density at radius 2 is 1.80 bits per heavy atom. The zero-order valence-corrected chi connectivity index (χ0v) is 12.7. The SMILES string of the molecule is CCCN(CC(=O)NC)C(=O)N(CC(=O)O)C(C)CC. The maximum atomic E-state index is 12.4. The van der Waals surface area contributed by atoms with Crippen molar-refractivity contribution in [1.29, 1.82) is 0 Å². The summed E-state index contributed by atoms with van der Waals surface area (Å²) >= 11 is 0. The normalized spacial score (nSPS) is 11.6. The van der Waals surface area contributed by atoms with Crippen LogP contribution >= 0.6 is 0 Å². The molecule has 0 saturated heterocycles. The third-order valence-corrected chi connectivity index (χ3v) is 3.05. The van der Waals surface area contributed by atoms with E-state index in [9.17, 15) is 14.4 Å². The van der Waals surface area contributed by atoms with Crippen molar-refractivity contribution in [2.75, 3.05) is 26.7 Å². The standard InChI is InChI=1S/C13H25N3O4/c1-5-7-15(8-11(17)14-4)13(20)16(9-12(18)19)10(3)6-2/h10H,5-9H2,1-4H3,(H,14,17)(H,18,19). The topological polar surface area (TPSA) is 90.0 Å². The van der Waals surface area contributed by atoms with Gasteiger partial charge < -0.3 is 20.2 Å². The van der Waals surface area contributed by atoms with Gasteiger partial charge in [0, 0.05) is 19.6 Å². The van der Waals surface area contributed by atoms with Gasteiger partial charge in [-0.25, -0.2) is 4.79 Å². The Balaban J connectivity index is 5.02. The van der Waals surface area contributed by atoms with E-state index in [0.29, 0.717) is 19.4 Å². The molecule has 116 valence electrons. The molecule has 0 aliphatic heterocycles. The Hall–Kier alpha value is -1.79. The van der Waals surface area contributed by atoms with Gasteiger partial charge in [0.1, 0.15) is 13.1 Å². The van der Waals surface area contributed by atoms with E-state index < -0.39 is 12.0 Å². The molecule has 0 bridgehead atoms. The van der Waals surface area contributed by atoms with Gasteiger partial charge in [-0.2, -0.15) is 0 Å². The molecule has 0 aliphatic rings. The Morgan fingerprint density at radius 1 is 1.20 bits per heavy atom. The molecular weight excluding hydrogens is 262 g/mol. The molecule has 7 nitrogen and oxygen atoms in total. The molecule has 0 aromatic rings. The van der Waals surface area contributed by atoms with Crippen molar-refractivity contribution in [2.45, 2.75) is 39.7 Å². The molecule has 0 radical (unpaired) electrons. The summed E-state index contributed by atoms with van der Waals surface area (Å²) in [6, 6.07) is -0.602. The molecule has 2 N–H and O–H groups in total. The highest BCUT2D eigenvalue weighted by molar-refractivity contribution is 5.85. The number of urea groups is 1. The van der Waals surface area contributed by atoms with E-state index in [1.807, 2.05) is 13.8 Å². The van der Waals surface area contributed by atoms with E-state index in [4.69, 9.17) is 5.11 Å². The van der Waals surface area contributed by atoms with Crippen LogP contribution in [0.4, 0.5) is 4.79 Å². The number of rotatable bonds is 8. The van der Waals surface area contributed by atoms with Gasteiger partial charge in [-0.3, -0.25) is 9.59 Å². The first-order valence-corrected chi connectivity index (χ1v) is 6.85. The summed E-state index contributed by atoms with van der Waals surface area (Å²) in [4.78, 5) is 37.5. The first kappa shape index (κ1) is 18.2. The summed E-state index contributed by atoms with van der Waals surface area (Å²) in [7, 11) is 1.50. The number of carboxylic acid groups (broad SMARTS) is 1. The largest absolute Gasteiger partial charge is 0.480 e. The van der Waals surface area contributed by atoms with Crippen LogP contribution in [0, 0.1) is 0 Å². The van der Waals surface area contributed by atoms with Crippen LogP contribution < -0.4 is 5.32 Å². The maximum Gasteiger partial charge on any atom is 0.323 e. The summed E-state index contributed by atoms with van der Waals surface area (Å²) in [5.74, 6) is -1.33. The summed E-state index contributed by atoms with van der Waals surface area (Å²) < 4.78 is 0. The summed E-state index contributed by atoms with van der Waals surface area (Å²) in [5.41, 5.74) is 0. The lowest BCUT2D eigenvalue weighted by Crippen LogP contribution is -2.51. The van der Waals surface area contributed by atoms with Crippen LogP contribution in [0.2, 0.25) is 0 Å². The number of nitrogens with one attached hydrogen (secondary N) is 1. The highest BCUT2D eigenvalue weighted by Crippen LogP contribution is 2.08. The maximum absolute atomic E-state index is 12.4. The van der Waals surface area contributed by atoms with Crippen molar-refractivity contribution < 1.29 is 19.5 Å². The Bertz CT molecular complexity index is 347. The van der Waals surface area contributed by atoms with E-state index in [0.717, 1.165) is 0 Å². The second-order valence-corrected chi connectivity index (χ2v) is 4.66. The average Bonchev–Trinajstić information content (AvgIpc) is 2.42. The van der Waals surface area contributed by atoms with Gasteiger partial charge in [0.2, 0.25) is 5.91 Å². The second kappa shape index (κ2) is 9.17. The lowest BCUT2D eigenvalue weighted by molar-refractivity contribution is -0.138. The molecule has 3 amide bonds. The monoisotopic (exact) mass is 287 g/mol. The van der Waals surface area contributed by atoms with Crippen molar-refractivity contribution >= 4 is 17.9 Å². The Kier molecular flexibility index (Phi) is 8.35. The number of likely N-dealkylation sites (N-methyl/N-ethyl adjacent to an activating group) is 1. The molecule has 0 aromatic heterocycles. The fourth-order valence-corrected chi connectivity index (χ4v) is 1.72. The predicted molar refractivity (Wildman–Crippen MR) is 75.4 cm³/mol. The first-order valence-electron chi connectivity index (χ1n) is 6.85. The van der Waals surface area contributed by atoms with Crippen LogP contribution in [0.5, 0.6) is 0 Å². The van der Waals surface area contributed by atoms with Crippen LogP contribution in [0.1, 0.15) is 33.6 Å². The number of hydrogen-bond acceptors (Lipinski definition) is 3. The van der Waals surface area contributed by atoms with Gasteiger partial charge in [-0.1, -0.05) is 13.8 Å². The van der Waals surface area contributed by atoms with E-state index >= 15 is 0 Å². The minimum atomic E-state index is -1.06. The van der Waals surface area contributed by atoms with Gasteiger partial charge in [-0.05, 0) is 19.8 Å². The molecule has 7 heteroatoms. The van der Waals surface area contributed by atoms with Crippen LogP contribution in [0.3, 0.4) is 0 Å². The lowest BCUT2D eigenvalue weighted by Gasteiger charge is -2.32. The fraction of sp³-hybridized carbons (Fsp3) is 0.769. The zero-order chi connectivity index (χ0) is 15.7. The Labute approximate surface area is 119 Å². The van der Waals surface area contributed by atoms with Gasteiger partial charge in [0.25, 0.3) is 0 Å². The molecule has 0 aromatic carbocycles. The molecule has 0 heterocycles. The third-order valence-electron chi connectivity index (χ3n) is 3.05. The fourth-order valence-electron chi connectivity index (χ4n) is 1.72. The summed E-state index contributed by atoms with van der Waals surface area (Å²) in [5, 5.41) is 11.4. The number of hydrogen-bond donors (Lipinski definition) is 2. The van der Waals surface area contributed by atoms with Crippen molar-refractivity contribution in [3.63, 3.8) is 0 Å². The lowest BCUT2D eigenvalue weighted by atomic mass is 10.2. The molecule has 0 saturated carbocycles. The molecule has 20 heavy (non-hydrogen) atoms. The van der Waals surface area contributed by atoms with Crippen molar-refractivity contribution in [3.05, 3.63) is 0 Å². The molecule has 1 atom stereocenters. The van der Waals surface area contributed by atoms with Crippen molar-refractivity contribution in [1.82, 2.24) is 15.1 Å². The van der Waals surface area contributed by atoms with Crippen LogP contribution in [0.15, 0.2) is 0 Å². The van der Waals surface area contributed by atoms with Gasteiger partial charge in [0.05, 0.1) is 0 Å². The van der Waals surface area contributed by atoms with Crippen LogP contribution in [0.25, 0.3) is 0 Å². The number of amides is 3. The van der Waals surface area contributed by atoms with Gasteiger partial charge >= 0.3 is 12.0 Å². The van der Waals surface area contributed by atoms with Crippen molar-refractivity contribution in [3.8, 4) is 0 Å². The van der Waals surface area contributed by atoms with Crippen molar-refractivity contribution in [2.24, 2.45) is 0 Å². The molecule has 1 unspecified atom stereocenters. The number of nitrogens with zero attached hydrogens (tertiary/aromatic N) is 2. The molecule has 0 rings (SSSR count). The average molecular weight is 287 g/mol. The predicted octanol–water partition coefficient (Wildman–Crippen LogP) is 0.750. The highest BCUT2D eigenvalue weighted by atomic mass is 16.4. The first-order chi connectivity index (χ1) is 9.37. The van der Waals surface area contributed by atoms with E-state index in [2.05, 4.69) is 5.32 Å². The van der Waals surface area contributed by atoms with Gasteiger partial charge in [-0.15, -0.1) is 0 Å². The Morgan fingerprint density at radius 3 is 2.20 bits per heavy atom. The number of carbonyl (C=O) groups is 3. The van der Waals surface area contributed by atoms with Gasteiger partial charge in [0.15, 0.2) is 0 Å². The smallest absolute Gasteiger partial charge is 0.323 e. The molecule has 0 aliphatic carbocycles. The quantitative estimate of drug-likeness (QED) is 0.689. The summed E-state index contributed by atoms with van der Waals surface area (Å²) in [6.07, 6.45) is 1.35. The number of carbonyl (C=O) groups excluding carboxylic acids is 2. The highest BCUT2D eigenvalue weighted by Gasteiger charge is 2.27. The number of carboxylic acids is 1. The zero-order valence-electron chi connectivity index (χ0n) is 12.7. The van der Waals surface area contributed by atoms with E-state index in [1.54, 1.807) is 6.92 Å². The second-order valence-electron chi connectivity index (χ2n) is 4.66. The van der Waals surface area contributed by atoms with Crippen LogP contribution in [-0.4, -0.2) is 65.5 Å². The molecule has 0 spiro atoms. The van der Waals surface area contributed by atoms with E-state index in [-0.39, 0.29) is 25.0 Å². The summed E-state index contributed by atoms with van der Waals surface area (Å²) in [6.45, 7) is 5.58.